The summed E-state index contributed by atoms with van der Waals surface area (Å²) in [6.45, 7) is 0. The van der Waals surface area contributed by atoms with E-state index in [-0.39, 0.29) is 16.3 Å². The summed E-state index contributed by atoms with van der Waals surface area (Å²) < 4.78 is 73.9. The van der Waals surface area contributed by atoms with Crippen LogP contribution in [0.15, 0.2) is 41.3 Å². The zero-order valence-electron chi connectivity index (χ0n) is 13.0. The highest BCUT2D eigenvalue weighted by atomic mass is 35.5. The molecule has 0 unspecified atom stereocenters. The van der Waals surface area contributed by atoms with Gasteiger partial charge in [-0.2, -0.15) is 21.6 Å². The summed E-state index contributed by atoms with van der Waals surface area (Å²) in [7, 11) is -3.70. The van der Waals surface area contributed by atoms with Gasteiger partial charge in [0.15, 0.2) is 5.75 Å². The third-order valence-electron chi connectivity index (χ3n) is 3.17. The number of nitrogens with two attached hydrogens (primary N) is 1. The number of ether oxygens (including phenoxy) is 1. The van der Waals surface area contributed by atoms with E-state index in [4.69, 9.17) is 26.3 Å². The van der Waals surface area contributed by atoms with Crippen molar-refractivity contribution in [2.45, 2.75) is 11.1 Å². The maximum atomic E-state index is 13.2. The third kappa shape index (κ3) is 4.20. The number of benzene rings is 2. The highest BCUT2D eigenvalue weighted by molar-refractivity contribution is 7.87. The first-order chi connectivity index (χ1) is 12.0. The number of hydrogen-bond acceptors (Lipinski definition) is 5. The molecule has 0 bridgehead atoms. The summed E-state index contributed by atoms with van der Waals surface area (Å²) in [5, 5.41) is -0.310. The first-order valence-corrected chi connectivity index (χ1v) is 8.53. The number of amides is 1. The summed E-state index contributed by atoms with van der Waals surface area (Å²) in [6, 6.07) is 5.53. The Balaban J connectivity index is 2.60. The van der Waals surface area contributed by atoms with Crippen LogP contribution in [-0.2, 0) is 16.3 Å². The number of alkyl halides is 3. The molecule has 2 rings (SSSR count). The number of halogens is 4. The molecule has 0 saturated heterocycles. The molecule has 0 saturated carbocycles. The molecule has 0 aromatic heterocycles. The van der Waals surface area contributed by atoms with Gasteiger partial charge in [-0.3, -0.25) is 4.79 Å². The van der Waals surface area contributed by atoms with Gasteiger partial charge >= 0.3 is 16.3 Å². The molecule has 2 aromatic rings. The molecule has 0 aliphatic rings. The van der Waals surface area contributed by atoms with Crippen molar-refractivity contribution < 1.29 is 35.3 Å². The molecule has 0 heterocycles. The van der Waals surface area contributed by atoms with Crippen molar-refractivity contribution in [2.24, 2.45) is 5.73 Å². The lowest BCUT2D eigenvalue weighted by Gasteiger charge is -2.15. The van der Waals surface area contributed by atoms with Crippen LogP contribution in [0.25, 0.3) is 0 Å². The Hall–Kier alpha value is -2.46. The number of carbonyl (C=O) groups excluding carboxylic acids is 1. The van der Waals surface area contributed by atoms with E-state index in [0.717, 1.165) is 18.2 Å². The Labute approximate surface area is 151 Å². The third-order valence-corrected chi connectivity index (χ3v) is 4.70. The molecule has 2 N–H and O–H groups in total. The molecule has 26 heavy (non-hydrogen) atoms. The summed E-state index contributed by atoms with van der Waals surface area (Å²) in [6.07, 6.45) is -5.00. The lowest BCUT2D eigenvalue weighted by atomic mass is 10.2. The fourth-order valence-electron chi connectivity index (χ4n) is 2.01. The Morgan fingerprint density at radius 2 is 1.81 bits per heavy atom. The second-order valence-electron chi connectivity index (χ2n) is 4.90. The smallest absolute Gasteiger partial charge is 0.417 e. The molecule has 1 amide bonds. The fraction of sp³-hybridized carbons (Fsp3) is 0.133. The zero-order valence-corrected chi connectivity index (χ0v) is 14.6. The van der Waals surface area contributed by atoms with Crippen LogP contribution >= 0.6 is 11.6 Å². The standard InChI is InChI=1S/C15H11ClF3NO5S/c1-24-9-3-4-10(14(20)21)12(7-9)25-26(22,23)13-5-2-8(16)6-11(13)15(17,18)19/h2-7H,1H3,(H2,20,21). The van der Waals surface area contributed by atoms with Crippen LogP contribution < -0.4 is 14.7 Å². The summed E-state index contributed by atoms with van der Waals surface area (Å²) >= 11 is 5.53. The molecule has 0 aliphatic heterocycles. The Morgan fingerprint density at radius 1 is 1.15 bits per heavy atom. The number of methoxy groups -OCH3 is 1. The quantitative estimate of drug-likeness (QED) is 0.765. The summed E-state index contributed by atoms with van der Waals surface area (Å²) in [5.41, 5.74) is 3.27. The van der Waals surface area contributed by atoms with Crippen LogP contribution in [0, 0.1) is 0 Å². The van der Waals surface area contributed by atoms with Crippen molar-refractivity contribution >= 4 is 27.6 Å². The van der Waals surface area contributed by atoms with E-state index < -0.39 is 38.4 Å². The molecule has 0 atom stereocenters. The van der Waals surface area contributed by atoms with Crippen molar-refractivity contribution in [3.63, 3.8) is 0 Å². The molecular weight excluding hydrogens is 399 g/mol. The SMILES string of the molecule is COc1ccc(C(N)=O)c(OS(=O)(=O)c2ccc(Cl)cc2C(F)(F)F)c1. The van der Waals surface area contributed by atoms with Crippen molar-refractivity contribution in [2.75, 3.05) is 7.11 Å². The molecule has 0 fully saturated rings. The molecule has 0 aliphatic carbocycles. The van der Waals surface area contributed by atoms with Crippen molar-refractivity contribution in [3.05, 3.63) is 52.5 Å². The van der Waals surface area contributed by atoms with E-state index in [1.165, 1.54) is 13.2 Å². The molecular formula is C15H11ClF3NO5S. The average Bonchev–Trinajstić information content (AvgIpc) is 2.52. The van der Waals surface area contributed by atoms with Crippen LogP contribution in [0.5, 0.6) is 11.5 Å². The van der Waals surface area contributed by atoms with Gasteiger partial charge in [-0.15, -0.1) is 0 Å². The fourth-order valence-corrected chi connectivity index (χ4v) is 3.32. The van der Waals surface area contributed by atoms with Gasteiger partial charge < -0.3 is 14.7 Å². The number of hydrogen-bond donors (Lipinski definition) is 1. The predicted molar refractivity (Wildman–Crippen MR) is 85.8 cm³/mol. The van der Waals surface area contributed by atoms with Gasteiger partial charge in [0.2, 0.25) is 0 Å². The van der Waals surface area contributed by atoms with Crippen LogP contribution in [-0.4, -0.2) is 21.4 Å². The topological polar surface area (TPSA) is 95.7 Å². The van der Waals surface area contributed by atoms with Gasteiger partial charge in [-0.05, 0) is 30.3 Å². The lowest BCUT2D eigenvalue weighted by Crippen LogP contribution is -2.19. The average molecular weight is 410 g/mol. The van der Waals surface area contributed by atoms with Crippen molar-refractivity contribution in [1.82, 2.24) is 0 Å². The van der Waals surface area contributed by atoms with E-state index in [1.54, 1.807) is 0 Å². The minimum Gasteiger partial charge on any atom is -0.497 e. The lowest BCUT2D eigenvalue weighted by molar-refractivity contribution is -0.139. The molecule has 0 radical (unpaired) electrons. The highest BCUT2D eigenvalue weighted by Gasteiger charge is 2.38. The highest BCUT2D eigenvalue weighted by Crippen LogP contribution is 2.37. The second kappa shape index (κ2) is 7.04. The van der Waals surface area contributed by atoms with Crippen molar-refractivity contribution in [1.29, 1.82) is 0 Å². The Kier molecular flexibility index (Phi) is 5.38. The number of rotatable bonds is 5. The first-order valence-electron chi connectivity index (χ1n) is 6.75. The molecule has 2 aromatic carbocycles. The van der Waals surface area contributed by atoms with Gasteiger partial charge in [0, 0.05) is 11.1 Å². The van der Waals surface area contributed by atoms with Crippen LogP contribution in [0.3, 0.4) is 0 Å². The summed E-state index contributed by atoms with van der Waals surface area (Å²) in [4.78, 5) is 10.3. The van der Waals surface area contributed by atoms with Crippen LogP contribution in [0.1, 0.15) is 15.9 Å². The Morgan fingerprint density at radius 3 is 2.35 bits per heavy atom. The van der Waals surface area contributed by atoms with Gasteiger partial charge in [0.05, 0.1) is 18.2 Å². The first kappa shape index (κ1) is 19.9. The van der Waals surface area contributed by atoms with E-state index >= 15 is 0 Å². The second-order valence-corrected chi connectivity index (χ2v) is 6.85. The minimum absolute atomic E-state index is 0.104. The molecule has 140 valence electrons. The van der Waals surface area contributed by atoms with Gasteiger partial charge in [-0.1, -0.05) is 11.6 Å². The maximum absolute atomic E-state index is 13.2. The Bertz CT molecular complexity index is 960. The van der Waals surface area contributed by atoms with E-state index in [1.807, 2.05) is 0 Å². The van der Waals surface area contributed by atoms with Crippen LogP contribution in [0.4, 0.5) is 13.2 Å². The zero-order chi connectivity index (χ0) is 19.7. The van der Waals surface area contributed by atoms with E-state index in [2.05, 4.69) is 0 Å². The van der Waals surface area contributed by atoms with Gasteiger partial charge in [0.1, 0.15) is 10.6 Å². The minimum atomic E-state index is -5.00. The summed E-state index contributed by atoms with van der Waals surface area (Å²) in [5.74, 6) is -1.50. The van der Waals surface area contributed by atoms with Crippen molar-refractivity contribution in [3.8, 4) is 11.5 Å². The molecule has 0 spiro atoms. The van der Waals surface area contributed by atoms with E-state index in [0.29, 0.717) is 12.1 Å². The molecule has 6 nitrogen and oxygen atoms in total. The number of primary amides is 1. The normalized spacial score (nSPS) is 11.9. The van der Waals surface area contributed by atoms with Gasteiger partial charge in [0.25, 0.3) is 5.91 Å². The largest absolute Gasteiger partial charge is 0.497 e. The molecule has 11 heteroatoms. The predicted octanol–water partition coefficient (Wildman–Crippen LogP) is 3.23. The number of carbonyl (C=O) groups is 1. The maximum Gasteiger partial charge on any atom is 0.417 e. The monoisotopic (exact) mass is 409 g/mol. The van der Waals surface area contributed by atoms with E-state index in [9.17, 15) is 26.4 Å². The van der Waals surface area contributed by atoms with Gasteiger partial charge in [-0.25, -0.2) is 0 Å². The van der Waals surface area contributed by atoms with Crippen LogP contribution in [0.2, 0.25) is 5.02 Å².